The quantitative estimate of drug-likeness (QED) is 0.692. The molecule has 0 saturated heterocycles. The summed E-state index contributed by atoms with van der Waals surface area (Å²) in [5.74, 6) is 0. The van der Waals surface area contributed by atoms with E-state index in [-0.39, 0.29) is 0 Å². The number of hydrogen-bond acceptors (Lipinski definition) is 1. The monoisotopic (exact) mass is 388 g/mol. The molecule has 0 fully saturated rings. The zero-order valence-electron chi connectivity index (χ0n) is 5.74. The maximum atomic E-state index is 12.6. The number of rotatable bonds is 0. The van der Waals surface area contributed by atoms with Crippen molar-refractivity contribution in [2.45, 2.75) is 0 Å². The van der Waals surface area contributed by atoms with Crippen LogP contribution < -0.4 is 0 Å². The first-order valence-electron chi connectivity index (χ1n) is 3.17. The van der Waals surface area contributed by atoms with E-state index in [9.17, 15) is 4.39 Å². The van der Waals surface area contributed by atoms with E-state index in [4.69, 9.17) is 0 Å². The Labute approximate surface area is 95.2 Å². The summed E-state index contributed by atoms with van der Waals surface area (Å²) < 4.78 is 14.8. The Balaban J connectivity index is 2.83. The fourth-order valence-corrected chi connectivity index (χ4v) is 1.89. The molecule has 0 saturated carbocycles. The Hall–Kier alpha value is 0.0800. The number of nitrogens with zero attached hydrogens (tertiary/aromatic N) is 1. The number of halogens is 3. The molecular formula is C7H3FI2N2. The molecule has 0 radical (unpaired) electrons. The zero-order chi connectivity index (χ0) is 8.72. The summed E-state index contributed by atoms with van der Waals surface area (Å²) in [5, 5.41) is 0. The highest BCUT2D eigenvalue weighted by Gasteiger charge is 2.04. The number of nitrogens with one attached hydrogen (secondary N) is 1. The van der Waals surface area contributed by atoms with Gasteiger partial charge in [-0.15, -0.1) is 0 Å². The number of hydrogen-bond donors (Lipinski definition) is 1. The highest BCUT2D eigenvalue weighted by Crippen LogP contribution is 2.20. The van der Waals surface area contributed by atoms with Gasteiger partial charge in [0.1, 0.15) is 0 Å². The van der Waals surface area contributed by atoms with Crippen LogP contribution in [0.3, 0.4) is 0 Å². The molecule has 0 atom stereocenters. The fourth-order valence-electron chi connectivity index (χ4n) is 0.974. The van der Waals surface area contributed by atoms with Crippen LogP contribution in [0.2, 0.25) is 0 Å². The lowest BCUT2D eigenvalue weighted by Crippen LogP contribution is -1.78. The lowest BCUT2D eigenvalue weighted by atomic mass is 10.3. The summed E-state index contributed by atoms with van der Waals surface area (Å²) >= 11 is 4.40. The van der Waals surface area contributed by atoms with Crippen LogP contribution in [0.5, 0.6) is 0 Å². The molecule has 1 N–H and O–H groups in total. The predicted octanol–water partition coefficient (Wildman–Crippen LogP) is 2.91. The summed E-state index contributed by atoms with van der Waals surface area (Å²) in [6.45, 7) is 0. The van der Waals surface area contributed by atoms with Crippen LogP contribution in [-0.2, 0) is 0 Å². The summed E-state index contributed by atoms with van der Waals surface area (Å²) in [6, 6.07) is 3.74. The number of aromatic amines is 1. The van der Waals surface area contributed by atoms with Gasteiger partial charge in [-0.3, -0.25) is 0 Å². The van der Waals surface area contributed by atoms with E-state index in [1.165, 1.54) is 0 Å². The van der Waals surface area contributed by atoms with Gasteiger partial charge in [0.05, 0.1) is 11.0 Å². The molecule has 0 aliphatic carbocycles. The highest BCUT2D eigenvalue weighted by atomic mass is 127. The van der Waals surface area contributed by atoms with Gasteiger partial charge >= 0.3 is 0 Å². The van der Waals surface area contributed by atoms with Crippen molar-refractivity contribution in [2.75, 3.05) is 0 Å². The Morgan fingerprint density at radius 1 is 1.25 bits per heavy atom. The summed E-state index contributed by atoms with van der Waals surface area (Å²) in [4.78, 5) is 6.23. The number of imidazole rings is 1. The lowest BCUT2D eigenvalue weighted by Gasteiger charge is -1.93. The number of benzene rings is 1. The number of H-pyrrole nitrogens is 1. The third-order valence-corrected chi connectivity index (χ3v) is 4.31. The number of fused-ring (bicyclic) bond motifs is 1. The van der Waals surface area contributed by atoms with Crippen LogP contribution in [0.15, 0.2) is 12.1 Å². The largest absolute Gasteiger partial charge is 0.314 e. The molecule has 0 aliphatic heterocycles. The molecule has 2 rings (SSSR count). The van der Waals surface area contributed by atoms with Crippen molar-refractivity contribution in [3.63, 3.8) is 0 Å². The Morgan fingerprint density at radius 2 is 1.92 bits per heavy atom. The van der Waals surface area contributed by atoms with Crippen molar-refractivity contribution in [3.05, 3.63) is 25.4 Å². The average molecular weight is 388 g/mol. The minimum absolute atomic E-state index is 0.525. The van der Waals surface area contributed by atoms with Gasteiger partial charge in [0.15, 0.2) is 0 Å². The molecule has 0 bridgehead atoms. The van der Waals surface area contributed by atoms with Gasteiger partial charge in [-0.05, 0) is 57.3 Å². The van der Waals surface area contributed by atoms with Crippen molar-refractivity contribution in [1.29, 1.82) is 0 Å². The summed E-state index contributed by atoms with van der Waals surface area (Å²) in [7, 11) is 0. The topological polar surface area (TPSA) is 28.7 Å². The molecule has 0 unspecified atom stereocenters. The molecule has 1 aromatic carbocycles. The van der Waals surface area contributed by atoms with Crippen LogP contribution in [0.1, 0.15) is 0 Å². The minimum Gasteiger partial charge on any atom is -0.314 e. The first-order chi connectivity index (χ1) is 5.66. The van der Waals surface area contributed by atoms with Crippen LogP contribution in [0.25, 0.3) is 11.0 Å². The van der Waals surface area contributed by atoms with E-state index in [0.717, 1.165) is 12.7 Å². The van der Waals surface area contributed by atoms with E-state index in [1.807, 2.05) is 12.1 Å². The maximum Gasteiger partial charge on any atom is 0.287 e. The molecule has 0 spiro atoms. The van der Waals surface area contributed by atoms with Crippen molar-refractivity contribution in [3.8, 4) is 0 Å². The smallest absolute Gasteiger partial charge is 0.287 e. The predicted molar refractivity (Wildman–Crippen MR) is 61.5 cm³/mol. The third kappa shape index (κ3) is 1.43. The standard InChI is InChI=1S/C7H3FI2N2/c8-7-11-5-1-3(9)4(10)2-6(5)12-7/h1-2H,(H,11,12). The van der Waals surface area contributed by atoms with Crippen molar-refractivity contribution in [2.24, 2.45) is 0 Å². The van der Waals surface area contributed by atoms with Gasteiger partial charge in [-0.1, -0.05) is 0 Å². The summed E-state index contributed by atoms with van der Waals surface area (Å²) in [6.07, 6.45) is -0.525. The van der Waals surface area contributed by atoms with E-state index >= 15 is 0 Å². The second-order valence-corrected chi connectivity index (χ2v) is 4.64. The maximum absolute atomic E-state index is 12.6. The van der Waals surface area contributed by atoms with E-state index < -0.39 is 6.08 Å². The van der Waals surface area contributed by atoms with Crippen molar-refractivity contribution >= 4 is 56.2 Å². The first kappa shape index (κ1) is 8.67. The Kier molecular flexibility index (Phi) is 2.23. The highest BCUT2D eigenvalue weighted by molar-refractivity contribution is 14.1. The number of aromatic nitrogens is 2. The molecule has 2 nitrogen and oxygen atoms in total. The van der Waals surface area contributed by atoms with E-state index in [2.05, 4.69) is 55.1 Å². The molecule has 0 aliphatic rings. The Bertz CT molecular complexity index is 399. The van der Waals surface area contributed by atoms with E-state index in [0.29, 0.717) is 5.52 Å². The molecule has 12 heavy (non-hydrogen) atoms. The van der Waals surface area contributed by atoms with Crippen LogP contribution >= 0.6 is 45.2 Å². The summed E-state index contributed by atoms with van der Waals surface area (Å²) in [5.41, 5.74) is 1.43. The van der Waals surface area contributed by atoms with Gasteiger partial charge in [-0.2, -0.15) is 4.39 Å². The second-order valence-electron chi connectivity index (χ2n) is 2.31. The van der Waals surface area contributed by atoms with Crippen LogP contribution in [-0.4, -0.2) is 9.97 Å². The normalized spacial score (nSPS) is 10.9. The van der Waals surface area contributed by atoms with Crippen LogP contribution in [0.4, 0.5) is 4.39 Å². The second kappa shape index (κ2) is 3.09. The van der Waals surface area contributed by atoms with Gasteiger partial charge in [0.25, 0.3) is 6.08 Å². The molecule has 62 valence electrons. The van der Waals surface area contributed by atoms with Gasteiger partial charge in [0.2, 0.25) is 0 Å². The molecular weight excluding hydrogens is 385 g/mol. The molecule has 2 aromatic rings. The average Bonchev–Trinajstić information content (AvgIpc) is 2.30. The molecule has 1 aromatic heterocycles. The van der Waals surface area contributed by atoms with Crippen molar-refractivity contribution < 1.29 is 4.39 Å². The Morgan fingerprint density at radius 3 is 2.67 bits per heavy atom. The van der Waals surface area contributed by atoms with Gasteiger partial charge < -0.3 is 4.98 Å². The lowest BCUT2D eigenvalue weighted by molar-refractivity contribution is 0.556. The van der Waals surface area contributed by atoms with Gasteiger partial charge in [0, 0.05) is 7.14 Å². The van der Waals surface area contributed by atoms with Crippen LogP contribution in [0, 0.1) is 13.2 Å². The minimum atomic E-state index is -0.525. The SMILES string of the molecule is Fc1nc2cc(I)c(I)cc2[nH]1. The van der Waals surface area contributed by atoms with E-state index in [1.54, 1.807) is 0 Å². The molecule has 5 heteroatoms. The fraction of sp³-hybridized carbons (Fsp3) is 0. The first-order valence-corrected chi connectivity index (χ1v) is 5.33. The molecule has 0 amide bonds. The van der Waals surface area contributed by atoms with Crippen molar-refractivity contribution in [1.82, 2.24) is 9.97 Å². The third-order valence-electron chi connectivity index (χ3n) is 1.50. The zero-order valence-corrected chi connectivity index (χ0v) is 10.1. The molecule has 1 heterocycles. The van der Waals surface area contributed by atoms with Gasteiger partial charge in [-0.25, -0.2) is 4.98 Å².